The van der Waals surface area contributed by atoms with Gasteiger partial charge in [0.2, 0.25) is 0 Å². The molecular weight excluding hydrogens is 314 g/mol. The molecule has 0 aliphatic heterocycles. The van der Waals surface area contributed by atoms with Crippen molar-refractivity contribution in [2.45, 2.75) is 20.6 Å². The minimum Gasteiger partial charge on any atom is -0.477 e. The lowest BCUT2D eigenvalue weighted by Crippen LogP contribution is -2.06. The summed E-state index contributed by atoms with van der Waals surface area (Å²) < 4.78 is 12.7. The molecule has 122 valence electrons. The molecule has 2 heterocycles. The molecule has 0 radical (unpaired) electrons. The highest BCUT2D eigenvalue weighted by Gasteiger charge is 2.22. The molecule has 1 N–H and O–H groups in total. The van der Waals surface area contributed by atoms with Crippen LogP contribution in [0, 0.1) is 13.8 Å². The van der Waals surface area contributed by atoms with E-state index in [2.05, 4.69) is 23.6 Å². The van der Waals surface area contributed by atoms with Gasteiger partial charge in [-0.05, 0) is 31.0 Å². The Kier molecular flexibility index (Phi) is 4.39. The molecule has 2 aromatic heterocycles. The number of aromatic nitrogens is 1. The third-order valence-corrected chi connectivity index (χ3v) is 5.31. The van der Waals surface area contributed by atoms with E-state index in [1.54, 1.807) is 7.11 Å². The first kappa shape index (κ1) is 16.0. The van der Waals surface area contributed by atoms with Crippen molar-refractivity contribution in [2.75, 3.05) is 20.3 Å². The van der Waals surface area contributed by atoms with Gasteiger partial charge in [-0.2, -0.15) is 0 Å². The van der Waals surface area contributed by atoms with Gasteiger partial charge in [-0.15, -0.1) is 11.3 Å². The molecule has 1 aromatic carbocycles. The van der Waals surface area contributed by atoms with Crippen molar-refractivity contribution in [1.82, 2.24) is 4.57 Å². The SMILES string of the molecule is COCCOCn1c2cccc(C)c2c2c(C)c(C(=O)O)sc21. The van der Waals surface area contributed by atoms with Gasteiger partial charge in [-0.25, -0.2) is 4.79 Å². The number of thiophene rings is 1. The highest BCUT2D eigenvalue weighted by Crippen LogP contribution is 2.40. The van der Waals surface area contributed by atoms with E-state index in [4.69, 9.17) is 9.47 Å². The van der Waals surface area contributed by atoms with E-state index >= 15 is 0 Å². The minimum absolute atomic E-state index is 0.381. The number of carbonyl (C=O) groups is 1. The molecule has 0 aliphatic rings. The number of rotatable bonds is 6. The van der Waals surface area contributed by atoms with Crippen molar-refractivity contribution >= 4 is 38.4 Å². The van der Waals surface area contributed by atoms with E-state index in [0.717, 1.165) is 32.2 Å². The number of aromatic carboxylic acids is 1. The molecule has 0 amide bonds. The standard InChI is InChI=1S/C17H19NO4S/c1-10-5-4-6-12-13(10)14-11(2)15(17(19)20)23-16(14)18(12)9-22-8-7-21-3/h4-6H,7-9H2,1-3H3,(H,19,20). The maximum Gasteiger partial charge on any atom is 0.346 e. The van der Waals surface area contributed by atoms with Gasteiger partial charge in [0.05, 0.1) is 18.7 Å². The zero-order valence-corrected chi connectivity index (χ0v) is 14.2. The Morgan fingerprint density at radius 3 is 2.74 bits per heavy atom. The van der Waals surface area contributed by atoms with Crippen LogP contribution in [0.15, 0.2) is 18.2 Å². The van der Waals surface area contributed by atoms with Crippen LogP contribution >= 0.6 is 11.3 Å². The van der Waals surface area contributed by atoms with E-state index in [0.29, 0.717) is 24.8 Å². The maximum atomic E-state index is 11.5. The average molecular weight is 333 g/mol. The zero-order chi connectivity index (χ0) is 16.6. The van der Waals surface area contributed by atoms with Crippen LogP contribution in [0.25, 0.3) is 21.1 Å². The Labute approximate surface area is 138 Å². The van der Waals surface area contributed by atoms with Crippen LogP contribution < -0.4 is 0 Å². The summed E-state index contributed by atoms with van der Waals surface area (Å²) in [5, 5.41) is 11.6. The van der Waals surface area contributed by atoms with Crippen LogP contribution in [-0.4, -0.2) is 36.0 Å². The number of fused-ring (bicyclic) bond motifs is 3. The smallest absolute Gasteiger partial charge is 0.346 e. The Morgan fingerprint density at radius 1 is 1.26 bits per heavy atom. The molecule has 3 rings (SSSR count). The van der Waals surface area contributed by atoms with Crippen molar-refractivity contribution in [3.63, 3.8) is 0 Å². The summed E-state index contributed by atoms with van der Waals surface area (Å²) in [6.45, 7) is 5.34. The number of hydrogen-bond acceptors (Lipinski definition) is 4. The molecule has 5 nitrogen and oxygen atoms in total. The molecule has 3 aromatic rings. The largest absolute Gasteiger partial charge is 0.477 e. The van der Waals surface area contributed by atoms with E-state index in [9.17, 15) is 9.90 Å². The van der Waals surface area contributed by atoms with Crippen LogP contribution in [0.5, 0.6) is 0 Å². The molecule has 23 heavy (non-hydrogen) atoms. The lowest BCUT2D eigenvalue weighted by molar-refractivity contribution is 0.0378. The second-order valence-corrected chi connectivity index (χ2v) is 6.47. The van der Waals surface area contributed by atoms with E-state index in [1.165, 1.54) is 11.3 Å². The molecule has 0 fully saturated rings. The molecule has 6 heteroatoms. The van der Waals surface area contributed by atoms with Crippen molar-refractivity contribution in [3.05, 3.63) is 34.2 Å². The van der Waals surface area contributed by atoms with Gasteiger partial charge in [-0.1, -0.05) is 12.1 Å². The third kappa shape index (κ3) is 2.63. The Balaban J connectivity index is 2.20. The summed E-state index contributed by atoms with van der Waals surface area (Å²) in [5.74, 6) is -0.878. The highest BCUT2D eigenvalue weighted by atomic mass is 32.1. The fraction of sp³-hybridized carbons (Fsp3) is 0.353. The molecule has 0 spiro atoms. The van der Waals surface area contributed by atoms with Crippen LogP contribution in [0.1, 0.15) is 20.8 Å². The summed E-state index contributed by atoms with van der Waals surface area (Å²) in [6, 6.07) is 6.12. The number of aryl methyl sites for hydroxylation is 2. The lowest BCUT2D eigenvalue weighted by Gasteiger charge is -2.08. The van der Waals surface area contributed by atoms with Gasteiger partial charge < -0.3 is 19.1 Å². The molecule has 0 saturated carbocycles. The van der Waals surface area contributed by atoms with Crippen LogP contribution in [0.4, 0.5) is 0 Å². The number of methoxy groups -OCH3 is 1. The topological polar surface area (TPSA) is 60.7 Å². The Morgan fingerprint density at radius 2 is 2.04 bits per heavy atom. The first-order valence-corrected chi connectivity index (χ1v) is 8.18. The molecular formula is C17H19NO4S. The van der Waals surface area contributed by atoms with Gasteiger partial charge >= 0.3 is 5.97 Å². The second kappa shape index (κ2) is 6.31. The predicted octanol–water partition coefficient (Wildman–Crippen LogP) is 3.79. The zero-order valence-electron chi connectivity index (χ0n) is 13.4. The maximum absolute atomic E-state index is 11.5. The van der Waals surface area contributed by atoms with Gasteiger partial charge in [0, 0.05) is 17.9 Å². The molecule has 0 saturated heterocycles. The normalized spacial score (nSPS) is 11.6. The van der Waals surface area contributed by atoms with Gasteiger partial charge in [0.25, 0.3) is 0 Å². The van der Waals surface area contributed by atoms with Crippen molar-refractivity contribution < 1.29 is 19.4 Å². The quantitative estimate of drug-likeness (QED) is 0.697. The molecule has 0 unspecified atom stereocenters. The molecule has 0 aliphatic carbocycles. The summed E-state index contributed by atoms with van der Waals surface area (Å²) in [4.78, 5) is 12.8. The number of benzene rings is 1. The summed E-state index contributed by atoms with van der Waals surface area (Å²) in [5.41, 5.74) is 3.04. The molecule has 0 atom stereocenters. The van der Waals surface area contributed by atoms with Gasteiger partial charge in [0.1, 0.15) is 16.4 Å². The lowest BCUT2D eigenvalue weighted by atomic mass is 10.1. The van der Waals surface area contributed by atoms with Crippen LogP contribution in [-0.2, 0) is 16.2 Å². The van der Waals surface area contributed by atoms with Crippen LogP contribution in [0.3, 0.4) is 0 Å². The van der Waals surface area contributed by atoms with Crippen molar-refractivity contribution in [3.8, 4) is 0 Å². The number of hydrogen-bond donors (Lipinski definition) is 1. The van der Waals surface area contributed by atoms with E-state index < -0.39 is 5.97 Å². The summed E-state index contributed by atoms with van der Waals surface area (Å²) in [6.07, 6.45) is 0. The van der Waals surface area contributed by atoms with Crippen LogP contribution in [0.2, 0.25) is 0 Å². The van der Waals surface area contributed by atoms with Gasteiger partial charge in [0.15, 0.2) is 0 Å². The van der Waals surface area contributed by atoms with Gasteiger partial charge in [-0.3, -0.25) is 0 Å². The van der Waals surface area contributed by atoms with Crippen molar-refractivity contribution in [1.29, 1.82) is 0 Å². The molecule has 0 bridgehead atoms. The van der Waals surface area contributed by atoms with E-state index in [1.807, 2.05) is 13.0 Å². The third-order valence-electron chi connectivity index (χ3n) is 4.01. The first-order chi connectivity index (χ1) is 11.1. The fourth-order valence-corrected chi connectivity index (χ4v) is 4.08. The highest BCUT2D eigenvalue weighted by molar-refractivity contribution is 7.20. The summed E-state index contributed by atoms with van der Waals surface area (Å²) >= 11 is 1.31. The fourth-order valence-electron chi connectivity index (χ4n) is 2.92. The Bertz CT molecular complexity index is 878. The first-order valence-electron chi connectivity index (χ1n) is 7.37. The number of ether oxygens (including phenoxy) is 2. The Hall–Kier alpha value is -1.89. The number of carboxylic acid groups (broad SMARTS) is 1. The number of nitrogens with zero attached hydrogens (tertiary/aromatic N) is 1. The second-order valence-electron chi connectivity index (χ2n) is 5.47. The monoisotopic (exact) mass is 333 g/mol. The minimum atomic E-state index is -0.878. The van der Waals surface area contributed by atoms with E-state index in [-0.39, 0.29) is 0 Å². The number of carboxylic acids is 1. The predicted molar refractivity (Wildman–Crippen MR) is 91.6 cm³/mol. The van der Waals surface area contributed by atoms with Crippen molar-refractivity contribution in [2.24, 2.45) is 0 Å². The summed E-state index contributed by atoms with van der Waals surface area (Å²) in [7, 11) is 1.64. The average Bonchev–Trinajstić information content (AvgIpc) is 3.00.